The molecule has 0 atom stereocenters. The summed E-state index contributed by atoms with van der Waals surface area (Å²) in [5.41, 5.74) is 0.145. The first-order valence-corrected chi connectivity index (χ1v) is 7.63. The number of carbonyl (C=O) groups is 1. The SMILES string of the molecule is Cc1ccnc(NC(=O)c2cc3c(=O)n(C)c(=O)n(C)c3s2)c1. The lowest BCUT2D eigenvalue weighted by atomic mass is 10.3. The molecule has 3 heterocycles. The van der Waals surface area contributed by atoms with Gasteiger partial charge >= 0.3 is 5.69 Å². The molecule has 118 valence electrons. The van der Waals surface area contributed by atoms with Gasteiger partial charge in [0.05, 0.1) is 10.3 Å². The summed E-state index contributed by atoms with van der Waals surface area (Å²) in [5.74, 6) is 0.0769. The number of nitrogens with zero attached hydrogens (tertiary/aromatic N) is 3. The Balaban J connectivity index is 2.06. The fourth-order valence-electron chi connectivity index (χ4n) is 2.26. The van der Waals surface area contributed by atoms with Crippen molar-refractivity contribution in [2.45, 2.75) is 6.92 Å². The minimum Gasteiger partial charge on any atom is -0.306 e. The van der Waals surface area contributed by atoms with Crippen molar-refractivity contribution in [3.05, 3.63) is 55.7 Å². The van der Waals surface area contributed by atoms with E-state index < -0.39 is 11.2 Å². The van der Waals surface area contributed by atoms with Crippen molar-refractivity contribution in [1.29, 1.82) is 0 Å². The van der Waals surface area contributed by atoms with E-state index >= 15 is 0 Å². The normalized spacial score (nSPS) is 10.9. The molecule has 0 aliphatic carbocycles. The first-order valence-electron chi connectivity index (χ1n) is 6.82. The van der Waals surface area contributed by atoms with Crippen LogP contribution >= 0.6 is 11.3 Å². The van der Waals surface area contributed by atoms with Crippen LogP contribution < -0.4 is 16.6 Å². The van der Waals surface area contributed by atoms with Crippen LogP contribution in [-0.4, -0.2) is 20.0 Å². The van der Waals surface area contributed by atoms with Crippen LogP contribution in [0.4, 0.5) is 5.82 Å². The van der Waals surface area contributed by atoms with Gasteiger partial charge in [0, 0.05) is 20.3 Å². The highest BCUT2D eigenvalue weighted by atomic mass is 32.1. The van der Waals surface area contributed by atoms with E-state index in [9.17, 15) is 14.4 Å². The molecule has 0 aliphatic heterocycles. The number of pyridine rings is 1. The predicted octanol–water partition coefficient (Wildman–Crippen LogP) is 1.25. The molecule has 3 aromatic rings. The van der Waals surface area contributed by atoms with Gasteiger partial charge in [-0.05, 0) is 30.7 Å². The summed E-state index contributed by atoms with van der Waals surface area (Å²) in [4.78, 5) is 41.3. The summed E-state index contributed by atoms with van der Waals surface area (Å²) in [6.07, 6.45) is 1.61. The number of hydrogen-bond acceptors (Lipinski definition) is 5. The number of aromatic nitrogens is 3. The highest BCUT2D eigenvalue weighted by Gasteiger charge is 2.16. The molecule has 0 saturated carbocycles. The van der Waals surface area contributed by atoms with E-state index in [1.807, 2.05) is 13.0 Å². The first-order chi connectivity index (χ1) is 10.9. The van der Waals surface area contributed by atoms with E-state index in [1.165, 1.54) is 17.7 Å². The molecular weight excluding hydrogens is 316 g/mol. The van der Waals surface area contributed by atoms with Crippen molar-refractivity contribution in [2.75, 3.05) is 5.32 Å². The summed E-state index contributed by atoms with van der Waals surface area (Å²) in [6.45, 7) is 1.90. The average Bonchev–Trinajstić information content (AvgIpc) is 2.96. The van der Waals surface area contributed by atoms with Crippen molar-refractivity contribution in [3.8, 4) is 0 Å². The van der Waals surface area contributed by atoms with Gasteiger partial charge in [-0.15, -0.1) is 11.3 Å². The molecule has 3 rings (SSSR count). The lowest BCUT2D eigenvalue weighted by Crippen LogP contribution is -2.36. The molecular formula is C15H14N4O3S. The van der Waals surface area contributed by atoms with Gasteiger partial charge in [-0.1, -0.05) is 0 Å². The molecule has 0 spiro atoms. The van der Waals surface area contributed by atoms with Crippen LogP contribution in [0.15, 0.2) is 34.0 Å². The standard InChI is InChI=1S/C15H14N4O3S/c1-8-4-5-16-11(6-8)17-12(20)10-7-9-13(21)18(2)15(22)19(3)14(9)23-10/h4-7H,1-3H3,(H,16,17,20). The Labute approximate surface area is 134 Å². The van der Waals surface area contributed by atoms with E-state index in [-0.39, 0.29) is 5.91 Å². The maximum Gasteiger partial charge on any atom is 0.331 e. The van der Waals surface area contributed by atoms with Crippen LogP contribution in [0.5, 0.6) is 0 Å². The molecule has 23 heavy (non-hydrogen) atoms. The monoisotopic (exact) mass is 330 g/mol. The molecule has 8 heteroatoms. The lowest BCUT2D eigenvalue weighted by molar-refractivity contribution is 0.103. The zero-order chi connectivity index (χ0) is 16.7. The number of fused-ring (bicyclic) bond motifs is 1. The fourth-order valence-corrected chi connectivity index (χ4v) is 3.26. The molecule has 0 unspecified atom stereocenters. The van der Waals surface area contributed by atoms with Crippen molar-refractivity contribution < 1.29 is 4.79 Å². The summed E-state index contributed by atoms with van der Waals surface area (Å²) >= 11 is 1.10. The van der Waals surface area contributed by atoms with Gasteiger partial charge in [0.25, 0.3) is 11.5 Å². The quantitative estimate of drug-likeness (QED) is 0.766. The number of amides is 1. The van der Waals surface area contributed by atoms with Crippen LogP contribution in [0.1, 0.15) is 15.2 Å². The predicted molar refractivity (Wildman–Crippen MR) is 89.2 cm³/mol. The van der Waals surface area contributed by atoms with E-state index in [1.54, 1.807) is 19.3 Å². The van der Waals surface area contributed by atoms with Crippen molar-refractivity contribution in [3.63, 3.8) is 0 Å². The van der Waals surface area contributed by atoms with Crippen LogP contribution in [0.3, 0.4) is 0 Å². The topological polar surface area (TPSA) is 86.0 Å². The van der Waals surface area contributed by atoms with Gasteiger partial charge in [-0.2, -0.15) is 0 Å². The highest BCUT2D eigenvalue weighted by Crippen LogP contribution is 2.22. The summed E-state index contributed by atoms with van der Waals surface area (Å²) in [6, 6.07) is 5.08. The third kappa shape index (κ3) is 2.57. The second-order valence-corrected chi connectivity index (χ2v) is 6.24. The zero-order valence-electron chi connectivity index (χ0n) is 12.8. The molecule has 3 aromatic heterocycles. The van der Waals surface area contributed by atoms with E-state index in [2.05, 4.69) is 10.3 Å². The molecule has 0 bridgehead atoms. The van der Waals surface area contributed by atoms with E-state index in [0.717, 1.165) is 21.5 Å². The average molecular weight is 330 g/mol. The van der Waals surface area contributed by atoms with E-state index in [4.69, 9.17) is 0 Å². The first kappa shape index (κ1) is 15.2. The molecule has 0 fully saturated rings. The third-order valence-corrected chi connectivity index (χ3v) is 4.72. The molecule has 0 saturated heterocycles. The minimum absolute atomic E-state index is 0.349. The number of nitrogens with one attached hydrogen (secondary N) is 1. The zero-order valence-corrected chi connectivity index (χ0v) is 13.6. The Morgan fingerprint density at radius 3 is 2.65 bits per heavy atom. The smallest absolute Gasteiger partial charge is 0.306 e. The molecule has 1 N–H and O–H groups in total. The van der Waals surface area contributed by atoms with Crippen LogP contribution in [-0.2, 0) is 14.1 Å². The number of rotatable bonds is 2. The Kier molecular flexibility index (Phi) is 3.61. The maximum absolute atomic E-state index is 12.4. The Hall–Kier alpha value is -2.74. The van der Waals surface area contributed by atoms with Gasteiger partial charge < -0.3 is 5.32 Å². The van der Waals surface area contributed by atoms with Gasteiger partial charge in [0.1, 0.15) is 10.6 Å². The lowest BCUT2D eigenvalue weighted by Gasteiger charge is -2.02. The van der Waals surface area contributed by atoms with Crippen LogP contribution in [0.25, 0.3) is 10.2 Å². The van der Waals surface area contributed by atoms with Crippen LogP contribution in [0.2, 0.25) is 0 Å². The maximum atomic E-state index is 12.4. The number of anilines is 1. The van der Waals surface area contributed by atoms with Gasteiger partial charge in [-0.25, -0.2) is 9.78 Å². The molecule has 0 aromatic carbocycles. The van der Waals surface area contributed by atoms with Crippen molar-refractivity contribution >= 4 is 33.3 Å². The molecule has 7 nitrogen and oxygen atoms in total. The number of thiophene rings is 1. The molecule has 0 aliphatic rings. The summed E-state index contributed by atoms with van der Waals surface area (Å²) in [7, 11) is 2.99. The second kappa shape index (κ2) is 5.47. The second-order valence-electron chi connectivity index (χ2n) is 5.21. The number of aryl methyl sites for hydroxylation is 2. The van der Waals surface area contributed by atoms with Gasteiger partial charge in [0.15, 0.2) is 0 Å². The Morgan fingerprint density at radius 2 is 1.96 bits per heavy atom. The number of hydrogen-bond donors (Lipinski definition) is 1. The van der Waals surface area contributed by atoms with E-state index in [0.29, 0.717) is 20.9 Å². The minimum atomic E-state index is -0.420. The summed E-state index contributed by atoms with van der Waals surface area (Å²) in [5, 5.41) is 3.04. The van der Waals surface area contributed by atoms with Gasteiger partial charge in [0.2, 0.25) is 0 Å². The fraction of sp³-hybridized carbons (Fsp3) is 0.200. The molecule has 1 amide bonds. The Morgan fingerprint density at radius 1 is 1.22 bits per heavy atom. The highest BCUT2D eigenvalue weighted by molar-refractivity contribution is 7.20. The number of carbonyl (C=O) groups excluding carboxylic acids is 1. The van der Waals surface area contributed by atoms with Crippen molar-refractivity contribution in [1.82, 2.24) is 14.1 Å². The Bertz CT molecular complexity index is 1050. The van der Waals surface area contributed by atoms with Crippen molar-refractivity contribution in [2.24, 2.45) is 14.1 Å². The third-order valence-electron chi connectivity index (χ3n) is 3.51. The largest absolute Gasteiger partial charge is 0.331 e. The van der Waals surface area contributed by atoms with Gasteiger partial charge in [-0.3, -0.25) is 18.7 Å². The molecule has 0 radical (unpaired) electrons. The van der Waals surface area contributed by atoms with Crippen LogP contribution in [0, 0.1) is 6.92 Å². The summed E-state index contributed by atoms with van der Waals surface area (Å²) < 4.78 is 2.39.